The van der Waals surface area contributed by atoms with E-state index in [1.165, 1.54) is 0 Å². The van der Waals surface area contributed by atoms with Crippen LogP contribution in [0, 0.1) is 0 Å². The summed E-state index contributed by atoms with van der Waals surface area (Å²) in [4.78, 5) is 26.4. The molecule has 2 aromatic carbocycles. The number of carbonyl (C=O) groups excluding carboxylic acids is 2. The average molecular weight is 366 g/mol. The van der Waals surface area contributed by atoms with E-state index in [2.05, 4.69) is 5.32 Å². The molecule has 3 aromatic rings. The summed E-state index contributed by atoms with van der Waals surface area (Å²) in [6.45, 7) is 2.58. The molecule has 3 rings (SSSR count). The van der Waals surface area contributed by atoms with Crippen molar-refractivity contribution < 1.29 is 18.7 Å². The van der Waals surface area contributed by atoms with Gasteiger partial charge in [-0.05, 0) is 32.2 Å². The van der Waals surface area contributed by atoms with E-state index in [1.54, 1.807) is 6.92 Å². The van der Waals surface area contributed by atoms with Crippen molar-refractivity contribution in [2.24, 2.45) is 0 Å². The topological polar surface area (TPSA) is 71.8 Å². The maximum absolute atomic E-state index is 12.3. The van der Waals surface area contributed by atoms with E-state index in [9.17, 15) is 9.59 Å². The van der Waals surface area contributed by atoms with Gasteiger partial charge in [0.1, 0.15) is 5.58 Å². The first-order valence-electron chi connectivity index (χ1n) is 8.79. The summed E-state index contributed by atoms with van der Waals surface area (Å²) in [5, 5.41) is 3.70. The third-order valence-electron chi connectivity index (χ3n) is 4.06. The number of furan rings is 1. The first-order chi connectivity index (χ1) is 13.1. The highest BCUT2D eigenvalue weighted by Gasteiger charge is 2.23. The van der Waals surface area contributed by atoms with Crippen LogP contribution in [0.3, 0.4) is 0 Å². The van der Waals surface area contributed by atoms with Crippen molar-refractivity contribution in [3.8, 4) is 0 Å². The van der Waals surface area contributed by atoms with Gasteiger partial charge in [-0.2, -0.15) is 0 Å². The van der Waals surface area contributed by atoms with E-state index in [0.717, 1.165) is 16.6 Å². The second kappa shape index (κ2) is 8.51. The minimum Gasteiger partial charge on any atom is -0.460 e. The summed E-state index contributed by atoms with van der Waals surface area (Å²) < 4.78 is 10.8. The van der Waals surface area contributed by atoms with Gasteiger partial charge in [-0.1, -0.05) is 36.4 Å². The maximum Gasteiger partial charge on any atom is 0.374 e. The fourth-order valence-corrected chi connectivity index (χ4v) is 2.91. The Balaban J connectivity index is 1.75. The molecule has 0 radical (unpaired) electrons. The van der Waals surface area contributed by atoms with Crippen molar-refractivity contribution in [3.05, 3.63) is 65.9 Å². The standard InChI is InChI=1S/C21H22N2O4/c1-3-26-21(25)20-17(16-11-7-8-12-18(16)27-20)13-23(2)14-19(24)22-15-9-5-4-6-10-15/h4-12H,3,13-14H2,1-2H3,(H,22,24). The molecule has 1 N–H and O–H groups in total. The first kappa shape index (κ1) is 18.7. The second-order valence-electron chi connectivity index (χ2n) is 6.21. The van der Waals surface area contributed by atoms with E-state index in [-0.39, 0.29) is 24.8 Å². The number of benzene rings is 2. The van der Waals surface area contributed by atoms with Crippen molar-refractivity contribution in [1.82, 2.24) is 4.90 Å². The molecule has 0 saturated heterocycles. The molecule has 0 aliphatic carbocycles. The lowest BCUT2D eigenvalue weighted by Crippen LogP contribution is -2.30. The van der Waals surface area contributed by atoms with Gasteiger partial charge in [-0.25, -0.2) is 4.79 Å². The van der Waals surface area contributed by atoms with Crippen molar-refractivity contribution in [2.75, 3.05) is 25.5 Å². The van der Waals surface area contributed by atoms with E-state index in [4.69, 9.17) is 9.15 Å². The SMILES string of the molecule is CCOC(=O)c1oc2ccccc2c1CN(C)CC(=O)Nc1ccccc1. The molecular formula is C21H22N2O4. The highest BCUT2D eigenvalue weighted by Crippen LogP contribution is 2.27. The number of fused-ring (bicyclic) bond motifs is 1. The Morgan fingerprint density at radius 1 is 1.07 bits per heavy atom. The molecule has 6 nitrogen and oxygen atoms in total. The number of carbonyl (C=O) groups is 2. The van der Waals surface area contributed by atoms with Crippen LogP contribution < -0.4 is 5.32 Å². The summed E-state index contributed by atoms with van der Waals surface area (Å²) in [5.74, 6) is -0.437. The van der Waals surface area contributed by atoms with Crippen LogP contribution in [-0.4, -0.2) is 37.0 Å². The number of anilines is 1. The molecule has 0 spiro atoms. The van der Waals surface area contributed by atoms with Crippen LogP contribution in [0.25, 0.3) is 11.0 Å². The Labute approximate surface area is 157 Å². The lowest BCUT2D eigenvalue weighted by molar-refractivity contribution is -0.117. The minimum atomic E-state index is -0.495. The summed E-state index contributed by atoms with van der Waals surface area (Å²) in [6, 6.07) is 16.7. The van der Waals surface area contributed by atoms with Gasteiger partial charge in [0.15, 0.2) is 0 Å². The minimum absolute atomic E-state index is 0.130. The van der Waals surface area contributed by atoms with Crippen LogP contribution in [0.15, 0.2) is 59.0 Å². The molecule has 1 heterocycles. The molecule has 140 valence electrons. The van der Waals surface area contributed by atoms with E-state index in [0.29, 0.717) is 12.1 Å². The van der Waals surface area contributed by atoms with Gasteiger partial charge in [0.05, 0.1) is 13.2 Å². The zero-order chi connectivity index (χ0) is 19.2. The Bertz CT molecular complexity index is 934. The van der Waals surface area contributed by atoms with Crippen LogP contribution >= 0.6 is 0 Å². The number of nitrogens with one attached hydrogen (secondary N) is 1. The number of para-hydroxylation sites is 2. The predicted octanol–water partition coefficient (Wildman–Crippen LogP) is 3.68. The zero-order valence-corrected chi connectivity index (χ0v) is 15.4. The van der Waals surface area contributed by atoms with Gasteiger partial charge in [-0.15, -0.1) is 0 Å². The smallest absolute Gasteiger partial charge is 0.374 e. The molecule has 1 aromatic heterocycles. The Hall–Kier alpha value is -3.12. The van der Waals surface area contributed by atoms with Crippen LogP contribution in [0.2, 0.25) is 0 Å². The number of esters is 1. The van der Waals surface area contributed by atoms with Crippen molar-refractivity contribution >= 4 is 28.5 Å². The van der Waals surface area contributed by atoms with Crippen LogP contribution in [0.1, 0.15) is 23.0 Å². The van der Waals surface area contributed by atoms with Crippen LogP contribution in [0.5, 0.6) is 0 Å². The molecule has 0 fully saturated rings. The Kier molecular flexibility index (Phi) is 5.88. The normalized spacial score (nSPS) is 10.9. The highest BCUT2D eigenvalue weighted by atomic mass is 16.5. The van der Waals surface area contributed by atoms with Gasteiger partial charge in [0.25, 0.3) is 0 Å². The zero-order valence-electron chi connectivity index (χ0n) is 15.4. The summed E-state index contributed by atoms with van der Waals surface area (Å²) in [5.41, 5.74) is 2.09. The maximum atomic E-state index is 12.3. The number of likely N-dealkylation sites (N-methyl/N-ethyl adjacent to an activating group) is 1. The number of nitrogens with zero attached hydrogens (tertiary/aromatic N) is 1. The molecule has 27 heavy (non-hydrogen) atoms. The molecule has 0 aliphatic heterocycles. The van der Waals surface area contributed by atoms with Crippen molar-refractivity contribution in [1.29, 1.82) is 0 Å². The third kappa shape index (κ3) is 4.54. The van der Waals surface area contributed by atoms with Crippen molar-refractivity contribution in [2.45, 2.75) is 13.5 Å². The Morgan fingerprint density at radius 3 is 2.52 bits per heavy atom. The summed E-state index contributed by atoms with van der Waals surface area (Å²) in [7, 11) is 1.82. The average Bonchev–Trinajstić information content (AvgIpc) is 3.01. The van der Waals surface area contributed by atoms with Crippen molar-refractivity contribution in [3.63, 3.8) is 0 Å². The second-order valence-corrected chi connectivity index (χ2v) is 6.21. The molecule has 0 atom stereocenters. The number of rotatable bonds is 7. The monoisotopic (exact) mass is 366 g/mol. The molecule has 6 heteroatoms. The molecule has 0 aliphatic rings. The lowest BCUT2D eigenvalue weighted by atomic mass is 10.1. The van der Waals surface area contributed by atoms with E-state index >= 15 is 0 Å². The van der Waals surface area contributed by atoms with Gasteiger partial charge in [-0.3, -0.25) is 9.69 Å². The van der Waals surface area contributed by atoms with Crippen LogP contribution in [-0.2, 0) is 16.1 Å². The molecule has 1 amide bonds. The van der Waals surface area contributed by atoms with E-state index < -0.39 is 5.97 Å². The molecule has 0 unspecified atom stereocenters. The van der Waals surface area contributed by atoms with E-state index in [1.807, 2.05) is 66.5 Å². The first-order valence-corrected chi connectivity index (χ1v) is 8.79. The molecule has 0 bridgehead atoms. The van der Waals surface area contributed by atoms with Gasteiger partial charge < -0.3 is 14.5 Å². The summed E-state index contributed by atoms with van der Waals surface area (Å²) in [6.07, 6.45) is 0. The summed E-state index contributed by atoms with van der Waals surface area (Å²) >= 11 is 0. The largest absolute Gasteiger partial charge is 0.460 e. The number of amides is 1. The molecule has 0 saturated carbocycles. The Morgan fingerprint density at radius 2 is 1.78 bits per heavy atom. The fraction of sp³-hybridized carbons (Fsp3) is 0.238. The number of hydrogen-bond acceptors (Lipinski definition) is 5. The predicted molar refractivity (Wildman–Crippen MR) is 104 cm³/mol. The quantitative estimate of drug-likeness (QED) is 0.646. The lowest BCUT2D eigenvalue weighted by Gasteiger charge is -2.16. The molecular weight excluding hydrogens is 344 g/mol. The highest BCUT2D eigenvalue weighted by molar-refractivity contribution is 5.96. The number of ether oxygens (including phenoxy) is 1. The fourth-order valence-electron chi connectivity index (χ4n) is 2.91. The van der Waals surface area contributed by atoms with Gasteiger partial charge in [0.2, 0.25) is 11.7 Å². The van der Waals surface area contributed by atoms with Gasteiger partial charge in [0, 0.05) is 23.2 Å². The number of hydrogen-bond donors (Lipinski definition) is 1. The van der Waals surface area contributed by atoms with Gasteiger partial charge >= 0.3 is 5.97 Å². The van der Waals surface area contributed by atoms with Crippen LogP contribution in [0.4, 0.5) is 5.69 Å². The third-order valence-corrected chi connectivity index (χ3v) is 4.06.